The summed E-state index contributed by atoms with van der Waals surface area (Å²) in [5.41, 5.74) is 2.26. The van der Waals surface area contributed by atoms with E-state index in [1.165, 1.54) is 0 Å². The van der Waals surface area contributed by atoms with Gasteiger partial charge in [0.1, 0.15) is 0 Å². The highest BCUT2D eigenvalue weighted by Gasteiger charge is 2.16. The van der Waals surface area contributed by atoms with Crippen molar-refractivity contribution in [1.82, 2.24) is 0 Å². The molecule has 0 aliphatic heterocycles. The molecule has 0 N–H and O–H groups in total. The van der Waals surface area contributed by atoms with E-state index in [2.05, 4.69) is 24.3 Å². The van der Waals surface area contributed by atoms with E-state index < -0.39 is 10.2 Å². The van der Waals surface area contributed by atoms with Crippen molar-refractivity contribution < 1.29 is 30.2 Å². The van der Waals surface area contributed by atoms with Crippen molar-refractivity contribution in [2.75, 3.05) is 0 Å². The van der Waals surface area contributed by atoms with Crippen LogP contribution in [0.25, 0.3) is 20.9 Å². The molecular weight excluding hydrogens is 344 g/mol. The smallest absolute Gasteiger partial charge is 0.222 e. The van der Waals surface area contributed by atoms with Gasteiger partial charge in [0.05, 0.1) is 6.25 Å². The lowest BCUT2D eigenvalue weighted by atomic mass is 10.1. The first-order valence-electron chi connectivity index (χ1n) is 6.51. The number of hydrogen-bond acceptors (Lipinski definition) is 5. The molecule has 22 heavy (non-hydrogen) atoms. The van der Waals surface area contributed by atoms with E-state index in [0.29, 0.717) is 6.04 Å². The van der Waals surface area contributed by atoms with Crippen molar-refractivity contribution in [3.05, 3.63) is 66.7 Å². The lowest BCUT2D eigenvalue weighted by Gasteiger charge is -2.17. The molecule has 0 saturated heterocycles. The zero-order valence-corrected chi connectivity index (χ0v) is 13.5. The van der Waals surface area contributed by atoms with Crippen molar-refractivity contribution in [3.63, 3.8) is 0 Å². The van der Waals surface area contributed by atoms with Gasteiger partial charge in [-0.1, -0.05) is 48.5 Å². The van der Waals surface area contributed by atoms with Crippen molar-refractivity contribution in [2.24, 2.45) is 0 Å². The Kier molecular flexibility index (Phi) is 5.47. The van der Waals surface area contributed by atoms with Crippen LogP contribution in [0.5, 0.6) is 0 Å². The first-order chi connectivity index (χ1) is 10.9. The lowest BCUT2D eigenvalue weighted by Crippen LogP contribution is -2.68. The molecule has 0 aliphatic carbocycles. The molecule has 0 radical (unpaired) electrons. The Balaban J connectivity index is 0.000000338. The molecule has 0 aliphatic rings. The van der Waals surface area contributed by atoms with E-state index >= 15 is 0 Å². The Hall–Kier alpha value is -1.38. The zero-order chi connectivity index (χ0) is 16.9. The average Bonchev–Trinajstić information content (AvgIpc) is 2.89. The molecule has 0 spiro atoms. The number of benzene rings is 2. The maximum absolute atomic E-state index is 8.49. The van der Waals surface area contributed by atoms with Gasteiger partial charge in [-0.05, 0) is 17.7 Å². The molecule has 1 heterocycles. The van der Waals surface area contributed by atoms with Gasteiger partial charge in [0.2, 0.25) is 0 Å². The molecule has 0 atom stereocenters. The van der Waals surface area contributed by atoms with Crippen LogP contribution in [0.4, 0.5) is 0 Å². The molecule has 0 saturated carbocycles. The standard InChI is InChI=1S/C15H11S2.ClHO4/c1-3-7-12(8-4-1)14-11-15(17-16-14)13-9-5-2-6-10-13;2-1(3,4)5/h1-11H;(H,2,3,4,5)/q+1;/p-1/i11D;. The molecule has 3 aromatic rings. The highest BCUT2D eigenvalue weighted by atomic mass is 35.7. The van der Waals surface area contributed by atoms with E-state index in [1.807, 2.05) is 36.4 Å². The summed E-state index contributed by atoms with van der Waals surface area (Å²) in [5.74, 6) is 0. The molecule has 2 aromatic carbocycles. The van der Waals surface area contributed by atoms with Gasteiger partial charge in [-0.15, -0.1) is 10.2 Å². The van der Waals surface area contributed by atoms with Gasteiger partial charge < -0.3 is 0 Å². The first-order valence-corrected chi connectivity index (χ1v) is 9.40. The lowest BCUT2D eigenvalue weighted by molar-refractivity contribution is -2.00. The minimum Gasteiger partial charge on any atom is -0.222 e. The van der Waals surface area contributed by atoms with Crippen LogP contribution in [0.15, 0.2) is 66.7 Å². The van der Waals surface area contributed by atoms with Gasteiger partial charge in [0, 0.05) is 11.6 Å². The average molecular weight is 356 g/mol. The number of hydrogen-bond donors (Lipinski definition) is 0. The normalized spacial score (nSPS) is 11.4. The Bertz CT molecular complexity index is 682. The van der Waals surface area contributed by atoms with Crippen molar-refractivity contribution in [1.29, 1.82) is 0 Å². The fourth-order valence-electron chi connectivity index (χ4n) is 1.65. The number of halogens is 1. The fourth-order valence-corrected chi connectivity index (χ4v) is 3.96. The molecule has 1 aromatic heterocycles. The third-order valence-corrected chi connectivity index (χ3v) is 4.85. The van der Waals surface area contributed by atoms with Crippen LogP contribution in [0.2, 0.25) is 0 Å². The SMILES string of the molecule is [2H]c1c(-c2ccccc2)s[s+]c1-c1ccccc1.[O-][Cl+3]([O-])([O-])[O-]. The molecular formula is C15H11ClO4S2. The Morgan fingerprint density at radius 1 is 0.818 bits per heavy atom. The van der Waals surface area contributed by atoms with Crippen LogP contribution in [0.3, 0.4) is 0 Å². The summed E-state index contributed by atoms with van der Waals surface area (Å²) in [6.07, 6.45) is 0. The summed E-state index contributed by atoms with van der Waals surface area (Å²) >= 11 is 0. The molecule has 0 amide bonds. The van der Waals surface area contributed by atoms with Gasteiger partial charge >= 0.3 is 10.3 Å². The largest absolute Gasteiger partial charge is 0.301 e. The topological polar surface area (TPSA) is 92.2 Å². The zero-order valence-electron chi connectivity index (χ0n) is 12.1. The van der Waals surface area contributed by atoms with Crippen LogP contribution in [0.1, 0.15) is 1.37 Å². The van der Waals surface area contributed by atoms with E-state index in [9.17, 15) is 0 Å². The number of rotatable bonds is 2. The molecule has 3 rings (SSSR count). The Morgan fingerprint density at radius 3 is 1.77 bits per heavy atom. The molecule has 0 bridgehead atoms. The van der Waals surface area contributed by atoms with E-state index in [0.717, 1.165) is 20.9 Å². The summed E-state index contributed by atoms with van der Waals surface area (Å²) in [4.78, 5) is 2.11. The highest BCUT2D eigenvalue weighted by Crippen LogP contribution is 2.36. The Morgan fingerprint density at radius 2 is 1.27 bits per heavy atom. The second-order valence-corrected chi connectivity index (χ2v) is 6.97. The van der Waals surface area contributed by atoms with Crippen LogP contribution < -0.4 is 18.6 Å². The fraction of sp³-hybridized carbons (Fsp3) is 0. The second-order valence-electron chi connectivity index (χ2n) is 4.06. The van der Waals surface area contributed by atoms with Crippen LogP contribution in [-0.2, 0) is 0 Å². The van der Waals surface area contributed by atoms with Gasteiger partial charge in [0.15, 0.2) is 10.3 Å². The first kappa shape index (κ1) is 15.5. The molecule has 0 unspecified atom stereocenters. The van der Waals surface area contributed by atoms with Gasteiger partial charge in [-0.2, -0.15) is 0 Å². The quantitative estimate of drug-likeness (QED) is 0.499. The third-order valence-electron chi connectivity index (χ3n) is 2.51. The second kappa shape index (κ2) is 7.75. The van der Waals surface area contributed by atoms with E-state index in [1.54, 1.807) is 20.7 Å². The van der Waals surface area contributed by atoms with Crippen molar-refractivity contribution >= 4 is 20.7 Å². The van der Waals surface area contributed by atoms with Crippen LogP contribution >= 0.6 is 20.7 Å². The monoisotopic (exact) mass is 355 g/mol. The summed E-state index contributed by atoms with van der Waals surface area (Å²) in [7, 11) is -1.59. The predicted octanol–water partition coefficient (Wildman–Crippen LogP) is 0.669. The summed E-state index contributed by atoms with van der Waals surface area (Å²) in [6, 6.07) is 21.0. The third kappa shape index (κ3) is 5.78. The molecule has 114 valence electrons. The Labute approximate surface area is 138 Å². The predicted molar refractivity (Wildman–Crippen MR) is 77.5 cm³/mol. The van der Waals surface area contributed by atoms with Crippen molar-refractivity contribution in [3.8, 4) is 20.9 Å². The van der Waals surface area contributed by atoms with Gasteiger partial charge in [-0.3, -0.25) is 0 Å². The summed E-state index contributed by atoms with van der Waals surface area (Å²) in [6.45, 7) is 0. The van der Waals surface area contributed by atoms with E-state index in [4.69, 9.17) is 20.0 Å². The van der Waals surface area contributed by atoms with Gasteiger partial charge in [0.25, 0.3) is 4.88 Å². The summed E-state index contributed by atoms with van der Waals surface area (Å²) < 4.78 is 42.3. The van der Waals surface area contributed by atoms with E-state index in [-0.39, 0.29) is 0 Å². The van der Waals surface area contributed by atoms with Crippen LogP contribution in [-0.4, -0.2) is 0 Å². The minimum absolute atomic E-state index is 0.641. The molecule has 7 heteroatoms. The minimum atomic E-state index is -4.94. The van der Waals surface area contributed by atoms with Crippen molar-refractivity contribution in [2.45, 2.75) is 0 Å². The summed E-state index contributed by atoms with van der Waals surface area (Å²) in [5, 5.41) is 0. The van der Waals surface area contributed by atoms with Gasteiger partial charge in [-0.25, -0.2) is 18.6 Å². The van der Waals surface area contributed by atoms with Crippen LogP contribution in [0, 0.1) is 10.2 Å². The maximum Gasteiger partial charge on any atom is 0.301 e. The maximum atomic E-state index is 8.49. The molecule has 4 nitrogen and oxygen atoms in total. The highest BCUT2D eigenvalue weighted by molar-refractivity contribution is 7.72. The molecule has 0 fully saturated rings.